The number of carbonyl (C=O) groups is 2. The van der Waals surface area contributed by atoms with Crippen LogP contribution in [0.2, 0.25) is 0 Å². The van der Waals surface area contributed by atoms with Crippen molar-refractivity contribution in [2.45, 2.75) is 154 Å². The Hall–Kier alpha value is -1.29. The second kappa shape index (κ2) is 29.4. The van der Waals surface area contributed by atoms with Crippen molar-refractivity contribution in [2.24, 2.45) is 0 Å². The van der Waals surface area contributed by atoms with Gasteiger partial charge in [0, 0.05) is 6.42 Å². The average Bonchev–Trinajstić information content (AvgIpc) is 2.99. The number of carbonyl (C=O) groups excluding carboxylic acids is 2. The number of phosphoric ester groups is 1. The van der Waals surface area contributed by atoms with Gasteiger partial charge in [0.25, 0.3) is 0 Å². The molecular weight excluding hydrogens is 575 g/mol. The SMILES string of the molecule is CCCCCCCCCCCC/C=C\CC(=O)OC[C@H](COP(=O)(O)OC[C@@H](O)CO)OC(=O)CCCCCCCCC. The standard InChI is InChI=1S/C32H61O10P/c1-3-5-7-9-11-12-13-14-15-16-18-19-21-23-31(35)39-27-30(28-41-43(37,38)40-26-29(34)25-33)42-32(36)24-22-20-17-10-8-6-4-2/h19,21,29-30,33-34H,3-18,20,22-28H2,1-2H3,(H,37,38)/b21-19-/t29-,30+/m0/s1. The van der Waals surface area contributed by atoms with E-state index >= 15 is 0 Å². The largest absolute Gasteiger partial charge is 0.472 e. The molecule has 3 N–H and O–H groups in total. The summed E-state index contributed by atoms with van der Waals surface area (Å²) in [5, 5.41) is 18.2. The van der Waals surface area contributed by atoms with Gasteiger partial charge < -0.3 is 24.6 Å². The summed E-state index contributed by atoms with van der Waals surface area (Å²) >= 11 is 0. The first-order valence-corrected chi connectivity index (χ1v) is 18.1. The van der Waals surface area contributed by atoms with E-state index in [0.29, 0.717) is 6.42 Å². The average molecular weight is 637 g/mol. The molecule has 0 saturated carbocycles. The van der Waals surface area contributed by atoms with Crippen LogP contribution >= 0.6 is 7.82 Å². The lowest BCUT2D eigenvalue weighted by Crippen LogP contribution is -2.29. The van der Waals surface area contributed by atoms with E-state index < -0.39 is 51.8 Å². The Morgan fingerprint density at radius 2 is 1.21 bits per heavy atom. The Kier molecular flexibility index (Phi) is 28.5. The number of allylic oxidation sites excluding steroid dienone is 1. The molecule has 0 aliphatic rings. The summed E-state index contributed by atoms with van der Waals surface area (Å²) in [7, 11) is -4.60. The van der Waals surface area contributed by atoms with Crippen molar-refractivity contribution in [1.82, 2.24) is 0 Å². The highest BCUT2D eigenvalue weighted by atomic mass is 31.2. The van der Waals surface area contributed by atoms with E-state index in [0.717, 1.165) is 32.1 Å². The third-order valence-corrected chi connectivity index (χ3v) is 7.90. The summed E-state index contributed by atoms with van der Waals surface area (Å²) < 4.78 is 32.2. The number of phosphoric acid groups is 1. The minimum Gasteiger partial charge on any atom is -0.461 e. The van der Waals surface area contributed by atoms with E-state index in [1.54, 1.807) is 6.08 Å². The number of unbranched alkanes of at least 4 members (excludes halogenated alkanes) is 16. The molecule has 0 rings (SSSR count). The van der Waals surface area contributed by atoms with Crippen molar-refractivity contribution < 1.29 is 47.8 Å². The van der Waals surface area contributed by atoms with Crippen LogP contribution in [0.15, 0.2) is 12.2 Å². The van der Waals surface area contributed by atoms with Crippen LogP contribution in [0.5, 0.6) is 0 Å². The molecule has 0 spiro atoms. The molecule has 0 aromatic heterocycles. The summed E-state index contributed by atoms with van der Waals surface area (Å²) in [6, 6.07) is 0. The van der Waals surface area contributed by atoms with Gasteiger partial charge in [0.05, 0.1) is 26.2 Å². The number of hydrogen-bond acceptors (Lipinski definition) is 9. The molecule has 0 saturated heterocycles. The maximum atomic E-state index is 12.4. The quantitative estimate of drug-likeness (QED) is 0.0306. The number of esters is 2. The molecule has 43 heavy (non-hydrogen) atoms. The van der Waals surface area contributed by atoms with Crippen LogP contribution in [-0.2, 0) is 32.7 Å². The minimum absolute atomic E-state index is 0.0674. The van der Waals surface area contributed by atoms with Crippen molar-refractivity contribution in [3.8, 4) is 0 Å². The summed E-state index contributed by atoms with van der Waals surface area (Å²) in [6.07, 6.45) is 22.4. The Bertz CT molecular complexity index is 746. The number of aliphatic hydroxyl groups is 2. The summed E-state index contributed by atoms with van der Waals surface area (Å²) in [6.45, 7) is 2.23. The topological polar surface area (TPSA) is 149 Å². The van der Waals surface area contributed by atoms with E-state index in [4.69, 9.17) is 19.1 Å². The van der Waals surface area contributed by atoms with Crippen LogP contribution in [0.3, 0.4) is 0 Å². The molecule has 0 aliphatic heterocycles. The number of aliphatic hydroxyl groups excluding tert-OH is 2. The number of rotatable bonds is 31. The van der Waals surface area contributed by atoms with E-state index in [1.807, 2.05) is 6.08 Å². The van der Waals surface area contributed by atoms with Gasteiger partial charge in [-0.15, -0.1) is 0 Å². The molecule has 3 atom stereocenters. The van der Waals surface area contributed by atoms with Crippen LogP contribution < -0.4 is 0 Å². The fraction of sp³-hybridized carbons (Fsp3) is 0.875. The molecule has 0 aliphatic carbocycles. The molecule has 254 valence electrons. The Balaban J connectivity index is 4.43. The van der Waals surface area contributed by atoms with Crippen LogP contribution in [0.1, 0.15) is 142 Å². The molecule has 0 amide bonds. The van der Waals surface area contributed by atoms with Crippen LogP contribution in [0, 0.1) is 0 Å². The zero-order valence-corrected chi connectivity index (χ0v) is 27.8. The van der Waals surface area contributed by atoms with Gasteiger partial charge in [-0.3, -0.25) is 18.6 Å². The highest BCUT2D eigenvalue weighted by Gasteiger charge is 2.27. The second-order valence-corrected chi connectivity index (χ2v) is 12.7. The van der Waals surface area contributed by atoms with Gasteiger partial charge in [-0.25, -0.2) is 4.57 Å². The van der Waals surface area contributed by atoms with E-state index in [9.17, 15) is 24.2 Å². The third kappa shape index (κ3) is 29.2. The number of hydrogen-bond donors (Lipinski definition) is 3. The van der Waals surface area contributed by atoms with Gasteiger partial charge in [0.2, 0.25) is 0 Å². The normalized spacial score (nSPS) is 14.4. The van der Waals surface area contributed by atoms with Gasteiger partial charge >= 0.3 is 19.8 Å². The fourth-order valence-electron chi connectivity index (χ4n) is 4.33. The summed E-state index contributed by atoms with van der Waals surface area (Å²) in [5.41, 5.74) is 0. The Morgan fingerprint density at radius 1 is 0.698 bits per heavy atom. The molecule has 0 aromatic rings. The van der Waals surface area contributed by atoms with Gasteiger partial charge in [0.1, 0.15) is 12.7 Å². The van der Waals surface area contributed by atoms with Gasteiger partial charge in [0.15, 0.2) is 6.10 Å². The predicted octanol–water partition coefficient (Wildman–Crippen LogP) is 7.33. The highest BCUT2D eigenvalue weighted by Crippen LogP contribution is 2.43. The molecule has 11 heteroatoms. The van der Waals surface area contributed by atoms with Crippen molar-refractivity contribution in [2.75, 3.05) is 26.4 Å². The lowest BCUT2D eigenvalue weighted by Gasteiger charge is -2.20. The van der Waals surface area contributed by atoms with Gasteiger partial charge in [-0.05, 0) is 19.3 Å². The monoisotopic (exact) mass is 636 g/mol. The van der Waals surface area contributed by atoms with Gasteiger partial charge in [-0.1, -0.05) is 122 Å². The lowest BCUT2D eigenvalue weighted by molar-refractivity contribution is -0.160. The highest BCUT2D eigenvalue weighted by molar-refractivity contribution is 7.47. The number of ether oxygens (including phenoxy) is 2. The molecule has 1 unspecified atom stereocenters. The fourth-order valence-corrected chi connectivity index (χ4v) is 5.12. The minimum atomic E-state index is -4.60. The maximum absolute atomic E-state index is 12.4. The molecule has 10 nitrogen and oxygen atoms in total. The predicted molar refractivity (Wildman–Crippen MR) is 168 cm³/mol. The van der Waals surface area contributed by atoms with Crippen molar-refractivity contribution in [1.29, 1.82) is 0 Å². The van der Waals surface area contributed by atoms with Gasteiger partial charge in [-0.2, -0.15) is 0 Å². The van der Waals surface area contributed by atoms with Crippen molar-refractivity contribution in [3.05, 3.63) is 12.2 Å². The third-order valence-electron chi connectivity index (χ3n) is 6.95. The van der Waals surface area contributed by atoms with Crippen LogP contribution in [0.4, 0.5) is 0 Å². The maximum Gasteiger partial charge on any atom is 0.472 e. The summed E-state index contributed by atoms with van der Waals surface area (Å²) in [4.78, 5) is 34.4. The first-order chi connectivity index (χ1) is 20.7. The lowest BCUT2D eigenvalue weighted by atomic mass is 10.1. The molecule has 0 aromatic carbocycles. The smallest absolute Gasteiger partial charge is 0.461 e. The molecule has 0 bridgehead atoms. The van der Waals surface area contributed by atoms with E-state index in [-0.39, 0.29) is 19.4 Å². The summed E-state index contributed by atoms with van der Waals surface area (Å²) in [5.74, 6) is -1.03. The Labute approximate surface area is 260 Å². The molecular formula is C32H61O10P. The second-order valence-electron chi connectivity index (χ2n) is 11.2. The molecule has 0 fully saturated rings. The molecule has 0 heterocycles. The van der Waals surface area contributed by atoms with E-state index in [1.165, 1.54) is 77.0 Å². The van der Waals surface area contributed by atoms with Crippen LogP contribution in [0.25, 0.3) is 0 Å². The zero-order chi connectivity index (χ0) is 32.0. The molecule has 0 radical (unpaired) electrons. The van der Waals surface area contributed by atoms with Crippen LogP contribution in [-0.4, -0.2) is 65.7 Å². The first kappa shape index (κ1) is 41.7. The van der Waals surface area contributed by atoms with Crippen molar-refractivity contribution in [3.63, 3.8) is 0 Å². The Morgan fingerprint density at radius 3 is 1.77 bits per heavy atom. The first-order valence-electron chi connectivity index (χ1n) is 16.6. The zero-order valence-electron chi connectivity index (χ0n) is 26.9. The van der Waals surface area contributed by atoms with E-state index in [2.05, 4.69) is 18.4 Å². The van der Waals surface area contributed by atoms with Crippen molar-refractivity contribution >= 4 is 19.8 Å².